The van der Waals surface area contributed by atoms with Crippen LogP contribution in [-0.4, -0.2) is 20.9 Å². The molecule has 1 aromatic carbocycles. The molecule has 1 N–H and O–H groups in total. The van der Waals surface area contributed by atoms with Crippen molar-refractivity contribution in [2.75, 3.05) is 0 Å². The van der Waals surface area contributed by atoms with E-state index in [1.807, 2.05) is 13.8 Å². The van der Waals surface area contributed by atoms with Crippen molar-refractivity contribution in [2.24, 2.45) is 0 Å². The molecule has 0 atom stereocenters. The van der Waals surface area contributed by atoms with Crippen LogP contribution in [0.5, 0.6) is 0 Å². The molecule has 1 aromatic heterocycles. The molecule has 0 unspecified atom stereocenters. The second kappa shape index (κ2) is 4.79. The highest BCUT2D eigenvalue weighted by Gasteiger charge is 2.19. The van der Waals surface area contributed by atoms with Crippen molar-refractivity contribution in [1.29, 1.82) is 0 Å². The molecular formula is C13H12F2N2O2. The molecule has 2 aromatic rings. The van der Waals surface area contributed by atoms with Crippen molar-refractivity contribution in [3.63, 3.8) is 0 Å². The van der Waals surface area contributed by atoms with Gasteiger partial charge >= 0.3 is 5.97 Å². The summed E-state index contributed by atoms with van der Waals surface area (Å²) in [6, 6.07) is 3.16. The van der Waals surface area contributed by atoms with E-state index in [0.717, 1.165) is 12.1 Å². The Morgan fingerprint density at radius 3 is 2.53 bits per heavy atom. The molecule has 1 heterocycles. The minimum atomic E-state index is -1.16. The SMILES string of the molecule is CC(C)n1cc(C(=O)O)c(-c2ccc(F)c(F)c2)n1. The van der Waals surface area contributed by atoms with Crippen LogP contribution >= 0.6 is 0 Å². The average molecular weight is 266 g/mol. The van der Waals surface area contributed by atoms with Gasteiger partial charge in [0.25, 0.3) is 0 Å². The van der Waals surface area contributed by atoms with E-state index in [0.29, 0.717) is 0 Å². The van der Waals surface area contributed by atoms with Crippen molar-refractivity contribution >= 4 is 5.97 Å². The van der Waals surface area contributed by atoms with E-state index < -0.39 is 17.6 Å². The smallest absolute Gasteiger partial charge is 0.339 e. The van der Waals surface area contributed by atoms with E-state index in [9.17, 15) is 13.6 Å². The molecule has 0 saturated carbocycles. The molecule has 100 valence electrons. The lowest BCUT2D eigenvalue weighted by Gasteiger charge is -2.03. The maximum Gasteiger partial charge on any atom is 0.339 e. The summed E-state index contributed by atoms with van der Waals surface area (Å²) in [4.78, 5) is 11.2. The van der Waals surface area contributed by atoms with Crippen molar-refractivity contribution in [2.45, 2.75) is 19.9 Å². The van der Waals surface area contributed by atoms with E-state index in [1.54, 1.807) is 0 Å². The summed E-state index contributed by atoms with van der Waals surface area (Å²) >= 11 is 0. The van der Waals surface area contributed by atoms with Crippen LogP contribution in [0.25, 0.3) is 11.3 Å². The molecule has 4 nitrogen and oxygen atoms in total. The number of benzene rings is 1. The molecule has 0 radical (unpaired) electrons. The Hall–Kier alpha value is -2.24. The Morgan fingerprint density at radius 2 is 2.00 bits per heavy atom. The van der Waals surface area contributed by atoms with E-state index in [-0.39, 0.29) is 22.9 Å². The zero-order chi connectivity index (χ0) is 14.2. The van der Waals surface area contributed by atoms with Gasteiger partial charge in [-0.3, -0.25) is 4.68 Å². The number of hydrogen-bond donors (Lipinski definition) is 1. The van der Waals surface area contributed by atoms with Crippen LogP contribution in [0.2, 0.25) is 0 Å². The van der Waals surface area contributed by atoms with Gasteiger partial charge in [-0.15, -0.1) is 0 Å². The third-order valence-corrected chi connectivity index (χ3v) is 2.68. The molecule has 0 aliphatic heterocycles. The zero-order valence-corrected chi connectivity index (χ0v) is 10.4. The van der Waals surface area contributed by atoms with Crippen molar-refractivity contribution in [3.05, 3.63) is 41.6 Å². The topological polar surface area (TPSA) is 55.1 Å². The number of halogens is 2. The quantitative estimate of drug-likeness (QED) is 0.928. The van der Waals surface area contributed by atoms with Crippen LogP contribution in [-0.2, 0) is 0 Å². The Bertz CT molecular complexity index is 636. The third-order valence-electron chi connectivity index (χ3n) is 2.68. The maximum atomic E-state index is 13.2. The fourth-order valence-corrected chi connectivity index (χ4v) is 1.67. The normalized spacial score (nSPS) is 11.0. The number of carboxylic acid groups (broad SMARTS) is 1. The maximum absolute atomic E-state index is 13.2. The first-order valence-corrected chi connectivity index (χ1v) is 5.68. The van der Waals surface area contributed by atoms with Gasteiger partial charge in [-0.2, -0.15) is 5.10 Å². The van der Waals surface area contributed by atoms with Crippen molar-refractivity contribution in [1.82, 2.24) is 9.78 Å². The summed E-state index contributed by atoms with van der Waals surface area (Å²) in [6.45, 7) is 3.68. The zero-order valence-electron chi connectivity index (χ0n) is 10.4. The van der Waals surface area contributed by atoms with Crippen LogP contribution in [0.1, 0.15) is 30.2 Å². The number of rotatable bonds is 3. The summed E-state index contributed by atoms with van der Waals surface area (Å²) in [5.41, 5.74) is 0.315. The van der Waals surface area contributed by atoms with Gasteiger partial charge in [0, 0.05) is 17.8 Å². The molecule has 0 aliphatic rings. The van der Waals surface area contributed by atoms with Gasteiger partial charge in [0.1, 0.15) is 11.3 Å². The van der Waals surface area contributed by atoms with Gasteiger partial charge in [0.2, 0.25) is 0 Å². The first kappa shape index (κ1) is 13.2. The lowest BCUT2D eigenvalue weighted by molar-refractivity contribution is 0.0697. The van der Waals surface area contributed by atoms with Gasteiger partial charge in [-0.25, -0.2) is 13.6 Å². The Balaban J connectivity index is 2.59. The third kappa shape index (κ3) is 2.47. The monoisotopic (exact) mass is 266 g/mol. The summed E-state index contributed by atoms with van der Waals surface area (Å²) in [6.07, 6.45) is 1.38. The molecule has 2 rings (SSSR count). The number of carboxylic acids is 1. The van der Waals surface area contributed by atoms with Gasteiger partial charge < -0.3 is 5.11 Å². The number of aromatic carboxylic acids is 1. The lowest BCUT2D eigenvalue weighted by Crippen LogP contribution is -2.00. The average Bonchev–Trinajstić information content (AvgIpc) is 2.78. The molecule has 0 saturated heterocycles. The fraction of sp³-hybridized carbons (Fsp3) is 0.231. The molecule has 0 spiro atoms. The summed E-state index contributed by atoms with van der Waals surface area (Å²) in [5.74, 6) is -3.18. The van der Waals surface area contributed by atoms with Gasteiger partial charge in [-0.1, -0.05) is 0 Å². The highest BCUT2D eigenvalue weighted by molar-refractivity contribution is 5.94. The number of nitrogens with zero attached hydrogens (tertiary/aromatic N) is 2. The van der Waals surface area contributed by atoms with E-state index in [4.69, 9.17) is 5.11 Å². The molecule has 19 heavy (non-hydrogen) atoms. The first-order valence-electron chi connectivity index (χ1n) is 5.68. The van der Waals surface area contributed by atoms with Crippen molar-refractivity contribution in [3.8, 4) is 11.3 Å². The summed E-state index contributed by atoms with van der Waals surface area (Å²) in [5, 5.41) is 13.2. The first-order chi connectivity index (χ1) is 8.90. The van der Waals surface area contributed by atoms with Crippen LogP contribution in [0.4, 0.5) is 8.78 Å². The van der Waals surface area contributed by atoms with Crippen LogP contribution in [0.15, 0.2) is 24.4 Å². The van der Waals surface area contributed by atoms with Gasteiger partial charge in [0.15, 0.2) is 11.6 Å². The minimum Gasteiger partial charge on any atom is -0.478 e. The largest absolute Gasteiger partial charge is 0.478 e. The van der Waals surface area contributed by atoms with Crippen LogP contribution in [0, 0.1) is 11.6 Å². The van der Waals surface area contributed by atoms with Crippen LogP contribution < -0.4 is 0 Å². The Labute approximate surface area is 108 Å². The number of aromatic nitrogens is 2. The molecule has 0 aliphatic carbocycles. The van der Waals surface area contributed by atoms with E-state index in [2.05, 4.69) is 5.10 Å². The second-order valence-electron chi connectivity index (χ2n) is 4.40. The minimum absolute atomic E-state index is 0.0304. The predicted molar refractivity (Wildman–Crippen MR) is 64.9 cm³/mol. The summed E-state index contributed by atoms with van der Waals surface area (Å²) in [7, 11) is 0. The Morgan fingerprint density at radius 1 is 1.32 bits per heavy atom. The van der Waals surface area contributed by atoms with E-state index in [1.165, 1.54) is 16.9 Å². The van der Waals surface area contributed by atoms with Crippen molar-refractivity contribution < 1.29 is 18.7 Å². The molecule has 0 amide bonds. The highest BCUT2D eigenvalue weighted by Crippen LogP contribution is 2.25. The van der Waals surface area contributed by atoms with Gasteiger partial charge in [0.05, 0.1) is 0 Å². The number of hydrogen-bond acceptors (Lipinski definition) is 2. The highest BCUT2D eigenvalue weighted by atomic mass is 19.2. The number of carbonyl (C=O) groups is 1. The molecule has 0 bridgehead atoms. The fourth-order valence-electron chi connectivity index (χ4n) is 1.67. The molecular weight excluding hydrogens is 254 g/mol. The predicted octanol–water partition coefficient (Wildman–Crippen LogP) is 3.11. The molecule has 6 heteroatoms. The summed E-state index contributed by atoms with van der Waals surface area (Å²) < 4.78 is 27.6. The Kier molecular flexibility index (Phi) is 3.33. The lowest BCUT2D eigenvalue weighted by atomic mass is 10.1. The van der Waals surface area contributed by atoms with Gasteiger partial charge in [-0.05, 0) is 32.0 Å². The standard InChI is InChI=1S/C13H12F2N2O2/c1-7(2)17-6-9(13(18)19)12(16-17)8-3-4-10(14)11(15)5-8/h3-7H,1-2H3,(H,18,19). The molecule has 0 fully saturated rings. The second-order valence-corrected chi connectivity index (χ2v) is 4.40. The van der Waals surface area contributed by atoms with Crippen LogP contribution in [0.3, 0.4) is 0 Å². The van der Waals surface area contributed by atoms with E-state index >= 15 is 0 Å².